The average Bonchev–Trinajstić information content (AvgIpc) is 2.06. The van der Waals surface area contributed by atoms with Gasteiger partial charge in [-0.1, -0.05) is 6.92 Å². The summed E-state index contributed by atoms with van der Waals surface area (Å²) in [6.07, 6.45) is 1.53. The highest BCUT2D eigenvalue weighted by Gasteiger charge is 2.29. The molecule has 0 spiro atoms. The lowest BCUT2D eigenvalue weighted by Gasteiger charge is -2.40. The summed E-state index contributed by atoms with van der Waals surface area (Å²) in [4.78, 5) is 11.6. The molecule has 82 valence electrons. The predicted octanol–water partition coefficient (Wildman–Crippen LogP) is 0.617. The van der Waals surface area contributed by atoms with E-state index in [2.05, 4.69) is 0 Å². The normalized spacial score (nSPS) is 20.3. The Morgan fingerprint density at radius 2 is 2.14 bits per heavy atom. The van der Waals surface area contributed by atoms with Crippen LogP contribution in [0.3, 0.4) is 0 Å². The summed E-state index contributed by atoms with van der Waals surface area (Å²) in [5.74, 6) is 0.125. The fraction of sp³-hybridized carbons (Fsp3) is 0.900. The first kappa shape index (κ1) is 11.5. The lowest BCUT2D eigenvalue weighted by molar-refractivity contribution is -0.162. The molecule has 0 aromatic heterocycles. The highest BCUT2D eigenvalue weighted by molar-refractivity contribution is 5.76. The Bertz CT molecular complexity index is 211. The Balaban J connectivity index is 2.64. The van der Waals surface area contributed by atoms with Gasteiger partial charge in [-0.05, 0) is 20.3 Å². The van der Waals surface area contributed by atoms with Crippen molar-refractivity contribution >= 4 is 5.91 Å². The Kier molecular flexibility index (Phi) is 3.50. The van der Waals surface area contributed by atoms with Crippen molar-refractivity contribution in [3.8, 4) is 0 Å². The van der Waals surface area contributed by atoms with Gasteiger partial charge in [-0.25, -0.2) is 5.01 Å². The summed E-state index contributed by atoms with van der Waals surface area (Å²) in [6, 6.07) is 0. The van der Waals surface area contributed by atoms with Crippen LogP contribution in [0.1, 0.15) is 33.6 Å². The molecule has 0 bridgehead atoms. The van der Waals surface area contributed by atoms with Crippen LogP contribution in [-0.2, 0) is 4.79 Å². The predicted molar refractivity (Wildman–Crippen MR) is 54.5 cm³/mol. The second-order valence-corrected chi connectivity index (χ2v) is 4.41. The maximum absolute atomic E-state index is 11.6. The third-order valence-electron chi connectivity index (χ3n) is 2.34. The van der Waals surface area contributed by atoms with Crippen LogP contribution in [0.15, 0.2) is 0 Å². The van der Waals surface area contributed by atoms with Crippen molar-refractivity contribution in [3.63, 3.8) is 0 Å². The lowest BCUT2D eigenvalue weighted by atomic mass is 10.1. The number of hydrazine groups is 1. The second-order valence-electron chi connectivity index (χ2n) is 4.41. The SMILES string of the molecule is CCN1CCCC(=O)N1CC(C)(C)O. The quantitative estimate of drug-likeness (QED) is 0.726. The molecule has 1 amide bonds. The zero-order valence-corrected chi connectivity index (χ0v) is 9.29. The Labute approximate surface area is 85.5 Å². The molecular formula is C10H20N2O2. The molecule has 4 heteroatoms. The van der Waals surface area contributed by atoms with E-state index in [1.807, 2.05) is 11.9 Å². The molecule has 0 aromatic rings. The molecule has 0 atom stereocenters. The van der Waals surface area contributed by atoms with Crippen molar-refractivity contribution in [1.82, 2.24) is 10.0 Å². The van der Waals surface area contributed by atoms with Crippen molar-refractivity contribution in [2.75, 3.05) is 19.6 Å². The van der Waals surface area contributed by atoms with Gasteiger partial charge in [0.15, 0.2) is 0 Å². The van der Waals surface area contributed by atoms with E-state index in [0.29, 0.717) is 13.0 Å². The Morgan fingerprint density at radius 1 is 1.50 bits per heavy atom. The maximum Gasteiger partial charge on any atom is 0.237 e. The van der Waals surface area contributed by atoms with Gasteiger partial charge in [0.1, 0.15) is 0 Å². The smallest absolute Gasteiger partial charge is 0.237 e. The van der Waals surface area contributed by atoms with Gasteiger partial charge in [-0.3, -0.25) is 9.80 Å². The van der Waals surface area contributed by atoms with Crippen LogP contribution in [-0.4, -0.2) is 46.3 Å². The van der Waals surface area contributed by atoms with Gasteiger partial charge in [0.05, 0.1) is 12.1 Å². The van der Waals surface area contributed by atoms with E-state index in [0.717, 1.165) is 19.5 Å². The summed E-state index contributed by atoms with van der Waals surface area (Å²) in [5.41, 5.74) is -0.819. The third-order valence-corrected chi connectivity index (χ3v) is 2.34. The van der Waals surface area contributed by atoms with Crippen LogP contribution >= 0.6 is 0 Å². The average molecular weight is 200 g/mol. The van der Waals surface area contributed by atoms with Gasteiger partial charge >= 0.3 is 0 Å². The molecule has 0 radical (unpaired) electrons. The standard InChI is InChI=1S/C10H20N2O2/c1-4-11-7-5-6-9(13)12(11)8-10(2,3)14/h14H,4-8H2,1-3H3. The number of amides is 1. The molecular weight excluding hydrogens is 180 g/mol. The topological polar surface area (TPSA) is 43.8 Å². The Hall–Kier alpha value is -0.610. The summed E-state index contributed by atoms with van der Waals surface area (Å²) in [7, 11) is 0. The van der Waals surface area contributed by atoms with Crippen molar-refractivity contribution in [3.05, 3.63) is 0 Å². The van der Waals surface area contributed by atoms with E-state index in [4.69, 9.17) is 0 Å². The van der Waals surface area contributed by atoms with Crippen molar-refractivity contribution < 1.29 is 9.90 Å². The fourth-order valence-corrected chi connectivity index (χ4v) is 1.70. The highest BCUT2D eigenvalue weighted by atomic mass is 16.3. The van der Waals surface area contributed by atoms with Crippen molar-refractivity contribution in [1.29, 1.82) is 0 Å². The molecule has 4 nitrogen and oxygen atoms in total. The number of rotatable bonds is 3. The van der Waals surface area contributed by atoms with Crippen LogP contribution in [0.5, 0.6) is 0 Å². The molecule has 1 N–H and O–H groups in total. The molecule has 1 aliphatic rings. The molecule has 0 saturated carbocycles. The van der Waals surface area contributed by atoms with E-state index in [1.165, 1.54) is 0 Å². The number of carbonyl (C=O) groups is 1. The van der Waals surface area contributed by atoms with E-state index in [1.54, 1.807) is 18.9 Å². The molecule has 1 aliphatic heterocycles. The number of β-amino-alcohol motifs (C(OH)–C–C–N with tert-alkyl or cyclic N) is 1. The number of hydrogen-bond acceptors (Lipinski definition) is 3. The van der Waals surface area contributed by atoms with Gasteiger partial charge in [-0.2, -0.15) is 0 Å². The third kappa shape index (κ3) is 2.96. The molecule has 0 aliphatic carbocycles. The summed E-state index contributed by atoms with van der Waals surface area (Å²) in [5, 5.41) is 13.4. The van der Waals surface area contributed by atoms with Crippen LogP contribution in [0, 0.1) is 0 Å². The van der Waals surface area contributed by atoms with Gasteiger partial charge in [-0.15, -0.1) is 0 Å². The minimum absolute atomic E-state index is 0.125. The maximum atomic E-state index is 11.6. The molecule has 1 rings (SSSR count). The van der Waals surface area contributed by atoms with Crippen LogP contribution in [0.4, 0.5) is 0 Å². The Morgan fingerprint density at radius 3 is 2.64 bits per heavy atom. The molecule has 0 aromatic carbocycles. The summed E-state index contributed by atoms with van der Waals surface area (Å²) in [6.45, 7) is 7.60. The minimum Gasteiger partial charge on any atom is -0.389 e. The number of carbonyl (C=O) groups excluding carboxylic acids is 1. The van der Waals surface area contributed by atoms with E-state index < -0.39 is 5.60 Å². The molecule has 1 heterocycles. The van der Waals surface area contributed by atoms with E-state index >= 15 is 0 Å². The van der Waals surface area contributed by atoms with Gasteiger partial charge in [0.25, 0.3) is 0 Å². The number of nitrogens with zero attached hydrogens (tertiary/aromatic N) is 2. The summed E-state index contributed by atoms with van der Waals surface area (Å²) < 4.78 is 0. The molecule has 1 fully saturated rings. The number of hydrogen-bond donors (Lipinski definition) is 1. The first-order valence-corrected chi connectivity index (χ1v) is 5.21. The van der Waals surface area contributed by atoms with E-state index in [9.17, 15) is 9.90 Å². The largest absolute Gasteiger partial charge is 0.389 e. The first-order chi connectivity index (χ1) is 6.44. The molecule has 1 saturated heterocycles. The summed E-state index contributed by atoms with van der Waals surface area (Å²) >= 11 is 0. The van der Waals surface area contributed by atoms with Gasteiger partial charge in [0.2, 0.25) is 5.91 Å². The van der Waals surface area contributed by atoms with Gasteiger partial charge < -0.3 is 5.11 Å². The van der Waals surface area contributed by atoms with Crippen LogP contribution in [0.25, 0.3) is 0 Å². The number of aliphatic hydroxyl groups is 1. The zero-order chi connectivity index (χ0) is 10.8. The van der Waals surface area contributed by atoms with Crippen molar-refractivity contribution in [2.24, 2.45) is 0 Å². The van der Waals surface area contributed by atoms with Gasteiger partial charge in [0, 0.05) is 19.5 Å². The van der Waals surface area contributed by atoms with Crippen LogP contribution < -0.4 is 0 Å². The van der Waals surface area contributed by atoms with Crippen molar-refractivity contribution in [2.45, 2.75) is 39.2 Å². The first-order valence-electron chi connectivity index (χ1n) is 5.21. The van der Waals surface area contributed by atoms with E-state index in [-0.39, 0.29) is 5.91 Å². The fourth-order valence-electron chi connectivity index (χ4n) is 1.70. The second kappa shape index (κ2) is 4.28. The monoisotopic (exact) mass is 200 g/mol. The lowest BCUT2D eigenvalue weighted by Crippen LogP contribution is -2.54. The molecule has 0 unspecified atom stereocenters. The molecule has 14 heavy (non-hydrogen) atoms. The zero-order valence-electron chi connectivity index (χ0n) is 9.29. The minimum atomic E-state index is -0.819. The highest BCUT2D eigenvalue weighted by Crippen LogP contribution is 2.15. The van der Waals surface area contributed by atoms with Crippen LogP contribution in [0.2, 0.25) is 0 Å².